The number of aryl methyl sites for hydroxylation is 1. The topological polar surface area (TPSA) is 55.4 Å². The van der Waals surface area contributed by atoms with Gasteiger partial charge in [0.05, 0.1) is 5.56 Å². The second-order valence-corrected chi connectivity index (χ2v) is 5.93. The van der Waals surface area contributed by atoms with Gasteiger partial charge in [-0.25, -0.2) is 4.79 Å². The first-order valence-electron chi connectivity index (χ1n) is 8.11. The van der Waals surface area contributed by atoms with Crippen molar-refractivity contribution in [1.82, 2.24) is 0 Å². The van der Waals surface area contributed by atoms with Crippen LogP contribution in [0.15, 0.2) is 66.7 Å². The Morgan fingerprint density at radius 3 is 2.48 bits per heavy atom. The smallest absolute Gasteiger partial charge is 0.338 e. The van der Waals surface area contributed by atoms with Crippen molar-refractivity contribution in [2.24, 2.45) is 0 Å². The zero-order chi connectivity index (χ0) is 17.8. The highest BCUT2D eigenvalue weighted by atomic mass is 16.5. The van der Waals surface area contributed by atoms with Gasteiger partial charge in [0, 0.05) is 11.1 Å². The molecule has 4 heteroatoms. The zero-order valence-electron chi connectivity index (χ0n) is 14.2. The fraction of sp³-hybridized carbons (Fsp3) is 0.143. The molecule has 0 heterocycles. The number of nitrogens with one attached hydrogen (secondary N) is 1. The molecule has 3 aromatic carbocycles. The number of ether oxygens (including phenoxy) is 1. The number of amides is 1. The van der Waals surface area contributed by atoms with Crippen LogP contribution in [0.4, 0.5) is 5.69 Å². The van der Waals surface area contributed by atoms with Gasteiger partial charge in [-0.1, -0.05) is 54.1 Å². The molecule has 0 aliphatic carbocycles. The van der Waals surface area contributed by atoms with Crippen molar-refractivity contribution in [3.05, 3.63) is 77.9 Å². The van der Waals surface area contributed by atoms with Crippen molar-refractivity contribution >= 4 is 28.3 Å². The highest BCUT2D eigenvalue weighted by Crippen LogP contribution is 2.23. The largest absolute Gasteiger partial charge is 0.449 e. The first-order valence-corrected chi connectivity index (χ1v) is 8.11. The SMILES string of the molecule is Cc1cccc(C(=O)O[C@H](C)C(=O)Nc2cccc3ccccc23)c1. The van der Waals surface area contributed by atoms with Gasteiger partial charge >= 0.3 is 5.97 Å². The molecule has 0 unspecified atom stereocenters. The molecule has 3 aromatic rings. The molecule has 0 spiro atoms. The number of rotatable bonds is 4. The number of benzene rings is 3. The number of esters is 1. The van der Waals surface area contributed by atoms with Crippen LogP contribution in [-0.2, 0) is 9.53 Å². The lowest BCUT2D eigenvalue weighted by Crippen LogP contribution is -2.30. The second kappa shape index (κ2) is 7.18. The first kappa shape index (κ1) is 16.7. The molecular weight excluding hydrogens is 314 g/mol. The molecule has 0 bridgehead atoms. The van der Waals surface area contributed by atoms with Crippen molar-refractivity contribution in [2.45, 2.75) is 20.0 Å². The van der Waals surface area contributed by atoms with Gasteiger partial charge in [0.15, 0.2) is 6.10 Å². The van der Waals surface area contributed by atoms with Crippen molar-refractivity contribution in [3.8, 4) is 0 Å². The third kappa shape index (κ3) is 3.86. The predicted octanol–water partition coefficient (Wildman–Crippen LogP) is 4.33. The van der Waals surface area contributed by atoms with E-state index >= 15 is 0 Å². The predicted molar refractivity (Wildman–Crippen MR) is 98.6 cm³/mol. The molecular formula is C21H19NO3. The average molecular weight is 333 g/mol. The summed E-state index contributed by atoms with van der Waals surface area (Å²) in [6, 6.07) is 20.5. The van der Waals surface area contributed by atoms with Gasteiger partial charge in [0.2, 0.25) is 0 Å². The summed E-state index contributed by atoms with van der Waals surface area (Å²) in [6.45, 7) is 3.46. The van der Waals surface area contributed by atoms with Crippen LogP contribution in [0.2, 0.25) is 0 Å². The second-order valence-electron chi connectivity index (χ2n) is 5.93. The third-order valence-corrected chi connectivity index (χ3v) is 3.95. The summed E-state index contributed by atoms with van der Waals surface area (Å²) in [7, 11) is 0. The molecule has 0 saturated heterocycles. The summed E-state index contributed by atoms with van der Waals surface area (Å²) in [5, 5.41) is 4.81. The summed E-state index contributed by atoms with van der Waals surface area (Å²) in [4.78, 5) is 24.6. The molecule has 4 nitrogen and oxygen atoms in total. The molecule has 0 aromatic heterocycles. The van der Waals surface area contributed by atoms with Crippen LogP contribution in [0.25, 0.3) is 10.8 Å². The van der Waals surface area contributed by atoms with Gasteiger partial charge in [0.1, 0.15) is 0 Å². The van der Waals surface area contributed by atoms with Gasteiger partial charge in [0.25, 0.3) is 5.91 Å². The van der Waals surface area contributed by atoms with E-state index in [9.17, 15) is 9.59 Å². The van der Waals surface area contributed by atoms with Crippen LogP contribution in [0.5, 0.6) is 0 Å². The number of carbonyl (C=O) groups is 2. The maximum absolute atomic E-state index is 12.4. The Morgan fingerprint density at radius 2 is 1.68 bits per heavy atom. The van der Waals surface area contributed by atoms with Gasteiger partial charge in [-0.05, 0) is 37.4 Å². The lowest BCUT2D eigenvalue weighted by molar-refractivity contribution is -0.123. The van der Waals surface area contributed by atoms with Crippen LogP contribution in [0, 0.1) is 6.92 Å². The van der Waals surface area contributed by atoms with E-state index in [1.807, 2.05) is 55.5 Å². The summed E-state index contributed by atoms with van der Waals surface area (Å²) in [6.07, 6.45) is -0.896. The van der Waals surface area contributed by atoms with E-state index in [1.165, 1.54) is 0 Å². The molecule has 3 rings (SSSR count). The number of fused-ring (bicyclic) bond motifs is 1. The molecule has 1 atom stereocenters. The molecule has 1 N–H and O–H groups in total. The molecule has 0 fully saturated rings. The minimum absolute atomic E-state index is 0.364. The Morgan fingerprint density at radius 1 is 0.960 bits per heavy atom. The van der Waals surface area contributed by atoms with Crippen LogP contribution in [0.1, 0.15) is 22.8 Å². The van der Waals surface area contributed by atoms with E-state index in [1.54, 1.807) is 25.1 Å². The van der Waals surface area contributed by atoms with Crippen LogP contribution >= 0.6 is 0 Å². The molecule has 25 heavy (non-hydrogen) atoms. The Bertz CT molecular complexity index is 928. The molecule has 126 valence electrons. The number of hydrogen-bond acceptors (Lipinski definition) is 3. The maximum Gasteiger partial charge on any atom is 0.338 e. The quantitative estimate of drug-likeness (QED) is 0.723. The number of anilines is 1. The van der Waals surface area contributed by atoms with E-state index < -0.39 is 12.1 Å². The minimum Gasteiger partial charge on any atom is -0.449 e. The van der Waals surface area contributed by atoms with Crippen molar-refractivity contribution in [1.29, 1.82) is 0 Å². The van der Waals surface area contributed by atoms with E-state index in [0.717, 1.165) is 16.3 Å². The Balaban J connectivity index is 1.71. The molecule has 1 amide bonds. The van der Waals surface area contributed by atoms with E-state index in [2.05, 4.69) is 5.32 Å². The Kier molecular flexibility index (Phi) is 4.80. The average Bonchev–Trinajstić information content (AvgIpc) is 2.62. The van der Waals surface area contributed by atoms with Crippen molar-refractivity contribution in [3.63, 3.8) is 0 Å². The molecule has 0 radical (unpaired) electrons. The van der Waals surface area contributed by atoms with E-state index in [-0.39, 0.29) is 5.91 Å². The summed E-state index contributed by atoms with van der Waals surface area (Å²) >= 11 is 0. The fourth-order valence-electron chi connectivity index (χ4n) is 2.62. The summed E-state index contributed by atoms with van der Waals surface area (Å²) < 4.78 is 5.29. The van der Waals surface area contributed by atoms with Crippen LogP contribution < -0.4 is 5.32 Å². The highest BCUT2D eigenvalue weighted by Gasteiger charge is 2.19. The highest BCUT2D eigenvalue weighted by molar-refractivity contribution is 6.04. The van der Waals surface area contributed by atoms with Gasteiger partial charge in [-0.3, -0.25) is 4.79 Å². The van der Waals surface area contributed by atoms with E-state index in [4.69, 9.17) is 4.74 Å². The third-order valence-electron chi connectivity index (χ3n) is 3.95. The summed E-state index contributed by atoms with van der Waals surface area (Å²) in [5.74, 6) is -0.873. The minimum atomic E-state index is -0.896. The lowest BCUT2D eigenvalue weighted by atomic mass is 10.1. The van der Waals surface area contributed by atoms with Gasteiger partial charge in [-0.15, -0.1) is 0 Å². The van der Waals surface area contributed by atoms with Crippen molar-refractivity contribution < 1.29 is 14.3 Å². The number of carbonyl (C=O) groups excluding carboxylic acids is 2. The monoisotopic (exact) mass is 333 g/mol. The molecule has 0 saturated carbocycles. The van der Waals surface area contributed by atoms with Crippen LogP contribution in [-0.4, -0.2) is 18.0 Å². The normalized spacial score (nSPS) is 11.8. The van der Waals surface area contributed by atoms with E-state index in [0.29, 0.717) is 11.3 Å². The van der Waals surface area contributed by atoms with Crippen molar-refractivity contribution in [2.75, 3.05) is 5.32 Å². The van der Waals surface area contributed by atoms with Gasteiger partial charge in [-0.2, -0.15) is 0 Å². The Labute approximate surface area is 146 Å². The first-order chi connectivity index (χ1) is 12.0. The summed E-state index contributed by atoms with van der Waals surface area (Å²) in [5.41, 5.74) is 2.09. The molecule has 0 aliphatic heterocycles. The van der Waals surface area contributed by atoms with Crippen LogP contribution in [0.3, 0.4) is 0 Å². The Hall–Kier alpha value is -3.14. The zero-order valence-corrected chi connectivity index (χ0v) is 14.2. The number of hydrogen-bond donors (Lipinski definition) is 1. The fourth-order valence-corrected chi connectivity index (χ4v) is 2.62. The lowest BCUT2D eigenvalue weighted by Gasteiger charge is -2.15. The molecule has 0 aliphatic rings. The standard InChI is InChI=1S/C21H19NO3/c1-14-7-5-10-17(13-14)21(24)25-15(2)20(23)22-19-12-6-9-16-8-3-4-11-18(16)19/h3-13,15H,1-2H3,(H,22,23)/t15-/m1/s1. The maximum atomic E-state index is 12.4. The van der Waals surface area contributed by atoms with Gasteiger partial charge < -0.3 is 10.1 Å².